The summed E-state index contributed by atoms with van der Waals surface area (Å²) in [4.78, 5) is 35.0. The number of amides is 1. The first-order valence-electron chi connectivity index (χ1n) is 6.56. The second-order valence-electron chi connectivity index (χ2n) is 4.77. The molecule has 0 radical (unpaired) electrons. The smallest absolute Gasteiger partial charge is 0.328 e. The van der Waals surface area contributed by atoms with Crippen LogP contribution in [0.4, 0.5) is 0 Å². The van der Waals surface area contributed by atoms with Gasteiger partial charge in [-0.2, -0.15) is 0 Å². The zero-order valence-corrected chi connectivity index (χ0v) is 12.0. The second kappa shape index (κ2) is 7.84. The maximum atomic E-state index is 12.0. The van der Waals surface area contributed by atoms with Crippen molar-refractivity contribution in [1.82, 2.24) is 5.32 Å². The highest BCUT2D eigenvalue weighted by Crippen LogP contribution is 2.15. The van der Waals surface area contributed by atoms with Gasteiger partial charge in [-0.15, -0.1) is 0 Å². The Morgan fingerprint density at radius 3 is 2.50 bits per heavy atom. The van der Waals surface area contributed by atoms with Crippen molar-refractivity contribution in [3.8, 4) is 0 Å². The molecule has 114 valence electrons. The molecule has 1 rings (SSSR count). The molecule has 0 aliphatic carbocycles. The molecule has 1 aliphatic heterocycles. The number of hydrogen-bond donors (Lipinski definition) is 1. The third-order valence-corrected chi connectivity index (χ3v) is 3.26. The highest BCUT2D eigenvalue weighted by atomic mass is 16.5. The first-order chi connectivity index (χ1) is 9.49. The Bertz CT molecular complexity index is 364. The number of nitrogens with one attached hydrogen (secondary N) is 1. The molecule has 1 heterocycles. The van der Waals surface area contributed by atoms with Crippen LogP contribution in [0.25, 0.3) is 0 Å². The Balaban J connectivity index is 2.65. The van der Waals surface area contributed by atoms with Crippen LogP contribution < -0.4 is 5.32 Å². The van der Waals surface area contributed by atoms with Crippen molar-refractivity contribution < 1.29 is 28.6 Å². The molecule has 20 heavy (non-hydrogen) atoms. The summed E-state index contributed by atoms with van der Waals surface area (Å²) in [6.45, 7) is 2.22. The summed E-state index contributed by atoms with van der Waals surface area (Å²) in [6.07, 6.45) is 0.929. The van der Waals surface area contributed by atoms with Crippen LogP contribution in [0.15, 0.2) is 0 Å². The fourth-order valence-electron chi connectivity index (χ4n) is 2.06. The lowest BCUT2D eigenvalue weighted by Gasteiger charge is -2.23. The number of carbonyl (C=O) groups excluding carboxylic acids is 3. The number of hydrogen-bond acceptors (Lipinski definition) is 6. The molecular formula is C13H21NO6. The third-order valence-electron chi connectivity index (χ3n) is 3.26. The molecule has 0 saturated carbocycles. The van der Waals surface area contributed by atoms with Crippen LogP contribution in [0, 0.1) is 5.92 Å². The minimum atomic E-state index is -0.893. The molecule has 1 N–H and O–H groups in total. The van der Waals surface area contributed by atoms with Gasteiger partial charge in [0, 0.05) is 6.61 Å². The van der Waals surface area contributed by atoms with E-state index < -0.39 is 30.0 Å². The Morgan fingerprint density at radius 1 is 1.30 bits per heavy atom. The quantitative estimate of drug-likeness (QED) is 0.693. The van der Waals surface area contributed by atoms with Gasteiger partial charge < -0.3 is 19.5 Å². The lowest BCUT2D eigenvalue weighted by Crippen LogP contribution is -2.49. The molecular weight excluding hydrogens is 266 g/mol. The van der Waals surface area contributed by atoms with Gasteiger partial charge >= 0.3 is 11.9 Å². The van der Waals surface area contributed by atoms with E-state index in [2.05, 4.69) is 14.8 Å². The SMILES string of the molecule is COC(=O)C[C@@H](C)[C@H](NC(=O)[C@@H]1CCCO1)C(=O)OC. The molecule has 3 atom stereocenters. The largest absolute Gasteiger partial charge is 0.469 e. The Kier molecular flexibility index (Phi) is 6.44. The van der Waals surface area contributed by atoms with Gasteiger partial charge in [0.05, 0.1) is 20.6 Å². The molecule has 7 nitrogen and oxygen atoms in total. The predicted octanol–water partition coefficient (Wildman–Crippen LogP) is 0.0224. The van der Waals surface area contributed by atoms with E-state index in [0.717, 1.165) is 6.42 Å². The molecule has 0 unspecified atom stereocenters. The lowest BCUT2D eigenvalue weighted by atomic mass is 9.98. The topological polar surface area (TPSA) is 90.9 Å². The zero-order chi connectivity index (χ0) is 15.1. The van der Waals surface area contributed by atoms with E-state index in [9.17, 15) is 14.4 Å². The first-order valence-corrected chi connectivity index (χ1v) is 6.56. The molecule has 0 aromatic carbocycles. The molecule has 1 aliphatic rings. The summed E-state index contributed by atoms with van der Waals surface area (Å²) in [5.74, 6) is -1.82. The number of methoxy groups -OCH3 is 2. The van der Waals surface area contributed by atoms with Crippen molar-refractivity contribution in [1.29, 1.82) is 0 Å². The van der Waals surface area contributed by atoms with Gasteiger partial charge in [-0.05, 0) is 18.8 Å². The van der Waals surface area contributed by atoms with E-state index >= 15 is 0 Å². The molecule has 0 aromatic rings. The van der Waals surface area contributed by atoms with E-state index in [1.807, 2.05) is 0 Å². The molecule has 0 bridgehead atoms. The van der Waals surface area contributed by atoms with Gasteiger partial charge in [-0.25, -0.2) is 4.79 Å². The first kappa shape index (κ1) is 16.4. The van der Waals surface area contributed by atoms with E-state index in [0.29, 0.717) is 13.0 Å². The third kappa shape index (κ3) is 4.48. The van der Waals surface area contributed by atoms with E-state index in [1.54, 1.807) is 6.92 Å². The Labute approximate surface area is 117 Å². The minimum Gasteiger partial charge on any atom is -0.469 e. The van der Waals surface area contributed by atoms with E-state index in [-0.39, 0.29) is 12.3 Å². The molecule has 0 aromatic heterocycles. The van der Waals surface area contributed by atoms with E-state index in [1.165, 1.54) is 14.2 Å². The van der Waals surface area contributed by atoms with Crippen LogP contribution in [-0.2, 0) is 28.6 Å². The van der Waals surface area contributed by atoms with Crippen molar-refractivity contribution in [2.75, 3.05) is 20.8 Å². The van der Waals surface area contributed by atoms with Crippen molar-refractivity contribution in [3.05, 3.63) is 0 Å². The number of rotatable bonds is 6. The molecule has 1 saturated heterocycles. The van der Waals surface area contributed by atoms with Crippen LogP contribution in [0.2, 0.25) is 0 Å². The highest BCUT2D eigenvalue weighted by Gasteiger charge is 2.33. The lowest BCUT2D eigenvalue weighted by molar-refractivity contribution is -0.149. The summed E-state index contributed by atoms with van der Waals surface area (Å²) in [5, 5.41) is 2.59. The summed E-state index contributed by atoms with van der Waals surface area (Å²) in [5.41, 5.74) is 0. The van der Waals surface area contributed by atoms with Gasteiger partial charge in [0.1, 0.15) is 12.1 Å². The van der Waals surface area contributed by atoms with Gasteiger partial charge in [0.25, 0.3) is 0 Å². The number of ether oxygens (including phenoxy) is 3. The Hall–Kier alpha value is -1.63. The number of esters is 2. The standard InChI is InChI=1S/C13H21NO6/c1-8(7-10(15)18-2)11(13(17)19-3)14-12(16)9-5-4-6-20-9/h8-9,11H,4-7H2,1-3H3,(H,14,16)/t8-,9+,11+/m1/s1. The van der Waals surface area contributed by atoms with Gasteiger partial charge in [0.2, 0.25) is 5.91 Å². The molecule has 7 heteroatoms. The van der Waals surface area contributed by atoms with Crippen LogP contribution in [0.3, 0.4) is 0 Å². The van der Waals surface area contributed by atoms with Crippen molar-refractivity contribution >= 4 is 17.8 Å². The maximum absolute atomic E-state index is 12.0. The number of carbonyl (C=O) groups is 3. The van der Waals surface area contributed by atoms with Crippen LogP contribution >= 0.6 is 0 Å². The molecule has 1 fully saturated rings. The zero-order valence-electron chi connectivity index (χ0n) is 12.0. The van der Waals surface area contributed by atoms with Crippen molar-refractivity contribution in [3.63, 3.8) is 0 Å². The fourth-order valence-corrected chi connectivity index (χ4v) is 2.06. The predicted molar refractivity (Wildman–Crippen MR) is 68.7 cm³/mol. The van der Waals surface area contributed by atoms with Crippen molar-refractivity contribution in [2.45, 2.75) is 38.3 Å². The highest BCUT2D eigenvalue weighted by molar-refractivity contribution is 5.87. The molecule has 1 amide bonds. The van der Waals surface area contributed by atoms with Gasteiger partial charge in [-0.3, -0.25) is 9.59 Å². The monoisotopic (exact) mass is 287 g/mol. The minimum absolute atomic E-state index is 0.0159. The maximum Gasteiger partial charge on any atom is 0.328 e. The average molecular weight is 287 g/mol. The normalized spacial score (nSPS) is 20.9. The van der Waals surface area contributed by atoms with Crippen LogP contribution in [-0.4, -0.2) is 50.8 Å². The Morgan fingerprint density at radius 2 is 2.00 bits per heavy atom. The summed E-state index contributed by atoms with van der Waals surface area (Å²) >= 11 is 0. The average Bonchev–Trinajstić information content (AvgIpc) is 2.97. The van der Waals surface area contributed by atoms with Gasteiger partial charge in [0.15, 0.2) is 0 Å². The summed E-state index contributed by atoms with van der Waals surface area (Å²) < 4.78 is 14.5. The van der Waals surface area contributed by atoms with Crippen LogP contribution in [0.5, 0.6) is 0 Å². The fraction of sp³-hybridized carbons (Fsp3) is 0.769. The van der Waals surface area contributed by atoms with E-state index in [4.69, 9.17) is 4.74 Å². The summed E-state index contributed by atoms with van der Waals surface area (Å²) in [7, 11) is 2.51. The van der Waals surface area contributed by atoms with Crippen molar-refractivity contribution in [2.24, 2.45) is 5.92 Å². The van der Waals surface area contributed by atoms with Crippen LogP contribution in [0.1, 0.15) is 26.2 Å². The molecule has 0 spiro atoms. The second-order valence-corrected chi connectivity index (χ2v) is 4.77. The van der Waals surface area contributed by atoms with Gasteiger partial charge in [-0.1, -0.05) is 6.92 Å². The summed E-state index contributed by atoms with van der Waals surface area (Å²) in [6, 6.07) is -0.893.